The zero-order chi connectivity index (χ0) is 13.1. The zero-order valence-electron chi connectivity index (χ0n) is 9.79. The maximum Gasteiger partial charge on any atom is 0.334 e. The number of hydrogen-bond donors (Lipinski definition) is 2. The molecule has 0 radical (unpaired) electrons. The molecule has 0 spiro atoms. The predicted octanol–water partition coefficient (Wildman–Crippen LogP) is -1.68. The molecule has 8 nitrogen and oxygen atoms in total. The number of carbonyl (C=O) groups excluding carboxylic acids is 2. The smallest absolute Gasteiger partial charge is 0.334 e. The van der Waals surface area contributed by atoms with Crippen LogP contribution in [-0.2, 0) is 14.3 Å². The van der Waals surface area contributed by atoms with Gasteiger partial charge in [0.15, 0.2) is 6.10 Å². The van der Waals surface area contributed by atoms with Crippen LogP contribution in [0.3, 0.4) is 0 Å². The lowest BCUT2D eigenvalue weighted by atomic mass is 10.2. The van der Waals surface area contributed by atoms with Gasteiger partial charge in [0.1, 0.15) is 6.54 Å². The van der Waals surface area contributed by atoms with Gasteiger partial charge in [-0.1, -0.05) is 0 Å². The second kappa shape index (κ2) is 5.21. The number of hydrogen-bond acceptors (Lipinski definition) is 4. The number of amides is 3. The van der Waals surface area contributed by atoms with Crippen molar-refractivity contribution in [3.63, 3.8) is 0 Å². The lowest BCUT2D eigenvalue weighted by Crippen LogP contribution is -2.57. The van der Waals surface area contributed by atoms with E-state index in [1.807, 2.05) is 0 Å². The van der Waals surface area contributed by atoms with Crippen molar-refractivity contribution in [3.8, 4) is 0 Å². The SMILES string of the molecule is O=C1CN(C(=O)N2CCOC(C(=O)O)C2)CCN1. The van der Waals surface area contributed by atoms with Gasteiger partial charge in [-0.3, -0.25) is 4.79 Å². The minimum absolute atomic E-state index is 0.0201. The highest BCUT2D eigenvalue weighted by Gasteiger charge is 2.32. The van der Waals surface area contributed by atoms with Crippen LogP contribution >= 0.6 is 0 Å². The maximum atomic E-state index is 12.1. The van der Waals surface area contributed by atoms with Crippen LogP contribution in [0.15, 0.2) is 0 Å². The first kappa shape index (κ1) is 12.6. The Morgan fingerprint density at radius 2 is 2.11 bits per heavy atom. The first-order valence-electron chi connectivity index (χ1n) is 5.73. The van der Waals surface area contributed by atoms with Gasteiger partial charge in [0.05, 0.1) is 13.2 Å². The van der Waals surface area contributed by atoms with Crippen molar-refractivity contribution in [1.29, 1.82) is 0 Å². The Balaban J connectivity index is 1.95. The molecule has 2 aliphatic rings. The van der Waals surface area contributed by atoms with Crippen molar-refractivity contribution >= 4 is 17.9 Å². The molecule has 0 saturated carbocycles. The van der Waals surface area contributed by atoms with Crippen molar-refractivity contribution < 1.29 is 24.2 Å². The number of nitrogens with zero attached hydrogens (tertiary/aromatic N) is 2. The van der Waals surface area contributed by atoms with Gasteiger partial charge in [-0.25, -0.2) is 9.59 Å². The van der Waals surface area contributed by atoms with Crippen LogP contribution in [0.5, 0.6) is 0 Å². The average molecular weight is 257 g/mol. The van der Waals surface area contributed by atoms with E-state index in [0.717, 1.165) is 0 Å². The molecule has 8 heteroatoms. The normalized spacial score (nSPS) is 24.7. The summed E-state index contributed by atoms with van der Waals surface area (Å²) in [7, 11) is 0. The molecule has 0 bridgehead atoms. The van der Waals surface area contributed by atoms with E-state index in [1.165, 1.54) is 9.80 Å². The summed E-state index contributed by atoms with van der Waals surface area (Å²) in [5.74, 6) is -1.28. The predicted molar refractivity (Wildman–Crippen MR) is 58.9 cm³/mol. The third-order valence-electron chi connectivity index (χ3n) is 2.92. The number of morpholine rings is 1. The molecule has 2 aliphatic heterocycles. The monoisotopic (exact) mass is 257 g/mol. The molecular formula is C10H15N3O5. The summed E-state index contributed by atoms with van der Waals surface area (Å²) >= 11 is 0. The Morgan fingerprint density at radius 1 is 1.33 bits per heavy atom. The molecule has 18 heavy (non-hydrogen) atoms. The third-order valence-corrected chi connectivity index (χ3v) is 2.92. The van der Waals surface area contributed by atoms with Gasteiger partial charge < -0.3 is 25.0 Å². The molecule has 0 aromatic rings. The van der Waals surface area contributed by atoms with Crippen LogP contribution in [-0.4, -0.2) is 78.2 Å². The number of carboxylic acids is 1. The highest BCUT2D eigenvalue weighted by Crippen LogP contribution is 2.09. The van der Waals surface area contributed by atoms with Gasteiger partial charge in [-0.2, -0.15) is 0 Å². The fraction of sp³-hybridized carbons (Fsp3) is 0.700. The van der Waals surface area contributed by atoms with Gasteiger partial charge in [0.25, 0.3) is 0 Å². The molecule has 3 amide bonds. The number of nitrogens with one attached hydrogen (secondary N) is 1. The molecule has 2 rings (SSSR count). The van der Waals surface area contributed by atoms with E-state index < -0.39 is 12.1 Å². The summed E-state index contributed by atoms with van der Waals surface area (Å²) in [4.78, 5) is 36.9. The molecule has 2 saturated heterocycles. The van der Waals surface area contributed by atoms with Crippen molar-refractivity contribution in [1.82, 2.24) is 15.1 Å². The Kier molecular flexibility index (Phi) is 3.66. The largest absolute Gasteiger partial charge is 0.479 e. The van der Waals surface area contributed by atoms with Gasteiger partial charge >= 0.3 is 12.0 Å². The third kappa shape index (κ3) is 2.70. The first-order chi connectivity index (χ1) is 8.58. The van der Waals surface area contributed by atoms with Crippen molar-refractivity contribution in [2.75, 3.05) is 39.3 Å². The summed E-state index contributed by atoms with van der Waals surface area (Å²) < 4.78 is 5.04. The highest BCUT2D eigenvalue weighted by atomic mass is 16.5. The van der Waals surface area contributed by atoms with E-state index in [1.54, 1.807) is 0 Å². The van der Waals surface area contributed by atoms with E-state index in [2.05, 4.69) is 5.32 Å². The minimum atomic E-state index is -1.08. The summed E-state index contributed by atoms with van der Waals surface area (Å²) in [6.07, 6.45) is -0.985. The lowest BCUT2D eigenvalue weighted by Gasteiger charge is -2.36. The second-order valence-corrected chi connectivity index (χ2v) is 4.20. The molecule has 1 unspecified atom stereocenters. The number of urea groups is 1. The highest BCUT2D eigenvalue weighted by molar-refractivity contribution is 5.85. The van der Waals surface area contributed by atoms with E-state index in [0.29, 0.717) is 19.6 Å². The zero-order valence-corrected chi connectivity index (χ0v) is 9.79. The minimum Gasteiger partial charge on any atom is -0.479 e. The average Bonchev–Trinajstić information content (AvgIpc) is 2.38. The fourth-order valence-electron chi connectivity index (χ4n) is 1.97. The van der Waals surface area contributed by atoms with Gasteiger partial charge in [0, 0.05) is 19.6 Å². The van der Waals surface area contributed by atoms with E-state index in [9.17, 15) is 14.4 Å². The topological polar surface area (TPSA) is 99.2 Å². The Bertz CT molecular complexity index is 373. The Hall–Kier alpha value is -1.83. The van der Waals surface area contributed by atoms with Gasteiger partial charge in [-0.15, -0.1) is 0 Å². The lowest BCUT2D eigenvalue weighted by molar-refractivity contribution is -0.154. The first-order valence-corrected chi connectivity index (χ1v) is 5.73. The molecule has 0 aromatic carbocycles. The van der Waals surface area contributed by atoms with E-state index >= 15 is 0 Å². The maximum absolute atomic E-state index is 12.1. The van der Waals surface area contributed by atoms with Gasteiger partial charge in [0.2, 0.25) is 5.91 Å². The number of carboxylic acid groups (broad SMARTS) is 1. The molecule has 100 valence electrons. The van der Waals surface area contributed by atoms with E-state index in [4.69, 9.17) is 9.84 Å². The summed E-state index contributed by atoms with van der Waals surface area (Å²) in [6, 6.07) is -0.306. The van der Waals surface area contributed by atoms with Gasteiger partial charge in [-0.05, 0) is 0 Å². The van der Waals surface area contributed by atoms with Crippen molar-refractivity contribution in [2.24, 2.45) is 0 Å². The molecular weight excluding hydrogens is 242 g/mol. The molecule has 2 N–H and O–H groups in total. The van der Waals surface area contributed by atoms with Crippen LogP contribution in [0.1, 0.15) is 0 Å². The van der Waals surface area contributed by atoms with Crippen LogP contribution in [0.4, 0.5) is 4.79 Å². The molecule has 2 fully saturated rings. The summed E-state index contributed by atoms with van der Waals surface area (Å²) in [5.41, 5.74) is 0. The number of piperazine rings is 1. The molecule has 1 atom stereocenters. The summed E-state index contributed by atoms with van der Waals surface area (Å²) in [5, 5.41) is 11.5. The van der Waals surface area contributed by atoms with E-state index in [-0.39, 0.29) is 31.6 Å². The van der Waals surface area contributed by atoms with Crippen LogP contribution in [0.2, 0.25) is 0 Å². The molecule has 2 heterocycles. The Morgan fingerprint density at radius 3 is 2.78 bits per heavy atom. The Labute approximate surface area is 103 Å². The van der Waals surface area contributed by atoms with Crippen molar-refractivity contribution in [2.45, 2.75) is 6.10 Å². The molecule has 0 aromatic heterocycles. The quantitative estimate of drug-likeness (QED) is 0.584. The van der Waals surface area contributed by atoms with Crippen LogP contribution < -0.4 is 5.32 Å². The number of aliphatic carboxylic acids is 1. The second-order valence-electron chi connectivity index (χ2n) is 4.20. The van der Waals surface area contributed by atoms with Crippen LogP contribution in [0, 0.1) is 0 Å². The number of ether oxygens (including phenoxy) is 1. The molecule has 0 aliphatic carbocycles. The van der Waals surface area contributed by atoms with Crippen molar-refractivity contribution in [3.05, 3.63) is 0 Å². The number of carbonyl (C=O) groups is 3. The fourth-order valence-corrected chi connectivity index (χ4v) is 1.97. The number of rotatable bonds is 1. The standard InChI is InChI=1S/C10H15N3O5/c14-8-6-12(2-1-11-8)10(17)13-3-4-18-7(5-13)9(15)16/h7H,1-6H2,(H,11,14)(H,15,16). The summed E-state index contributed by atoms with van der Waals surface area (Å²) in [6.45, 7) is 1.46. The van der Waals surface area contributed by atoms with Crippen LogP contribution in [0.25, 0.3) is 0 Å².